The first-order valence-corrected chi connectivity index (χ1v) is 12.4. The lowest BCUT2D eigenvalue weighted by Crippen LogP contribution is -2.28. The number of esters is 2. The number of ether oxygens (including phenoxy) is 2. The van der Waals surface area contributed by atoms with E-state index >= 15 is 0 Å². The van der Waals surface area contributed by atoms with Crippen LogP contribution in [0.5, 0.6) is 0 Å². The number of carbonyl (C=O) groups excluding carboxylic acids is 2. The van der Waals surface area contributed by atoms with E-state index in [4.69, 9.17) is 9.47 Å². The molecule has 0 aromatic heterocycles. The molecular weight excluding hydrogens is 364 g/mol. The van der Waals surface area contributed by atoms with Gasteiger partial charge in [0.05, 0.1) is 25.0 Å². The van der Waals surface area contributed by atoms with E-state index in [-0.39, 0.29) is 23.8 Å². The van der Waals surface area contributed by atoms with E-state index in [9.17, 15) is 9.59 Å². The molecule has 1 rings (SSSR count). The first kappa shape index (κ1) is 26.0. The minimum Gasteiger partial charge on any atom is -0.465 e. The maximum Gasteiger partial charge on any atom is 0.308 e. The largest absolute Gasteiger partial charge is 0.465 e. The van der Waals surface area contributed by atoms with Crippen LogP contribution in [0.3, 0.4) is 0 Å². The van der Waals surface area contributed by atoms with Crippen molar-refractivity contribution in [3.63, 3.8) is 0 Å². The Bertz CT molecular complexity index is 425. The van der Waals surface area contributed by atoms with E-state index < -0.39 is 0 Å². The number of unbranched alkanes of at least 4 members (excludes halogenated alkanes) is 8. The van der Waals surface area contributed by atoms with Crippen molar-refractivity contribution in [1.82, 2.24) is 0 Å². The number of hydrogen-bond donors (Lipinski definition) is 0. The predicted octanol–water partition coefficient (Wildman–Crippen LogP) is 6.85. The fourth-order valence-corrected chi connectivity index (χ4v) is 4.01. The molecule has 0 saturated heterocycles. The zero-order valence-electron chi connectivity index (χ0n) is 19.4. The van der Waals surface area contributed by atoms with Gasteiger partial charge < -0.3 is 9.47 Å². The van der Waals surface area contributed by atoms with Crippen molar-refractivity contribution >= 4 is 11.9 Å². The molecule has 0 radical (unpaired) electrons. The Labute approximate surface area is 179 Å². The smallest absolute Gasteiger partial charge is 0.308 e. The molecule has 29 heavy (non-hydrogen) atoms. The Morgan fingerprint density at radius 3 is 1.55 bits per heavy atom. The van der Waals surface area contributed by atoms with Crippen molar-refractivity contribution in [3.8, 4) is 0 Å². The lowest BCUT2D eigenvalue weighted by molar-refractivity contribution is -0.155. The van der Waals surface area contributed by atoms with Gasteiger partial charge in [-0.05, 0) is 44.4 Å². The van der Waals surface area contributed by atoms with Gasteiger partial charge in [0.2, 0.25) is 0 Å². The van der Waals surface area contributed by atoms with Gasteiger partial charge in [-0.2, -0.15) is 0 Å². The van der Waals surface area contributed by atoms with Crippen LogP contribution in [0, 0.1) is 17.8 Å². The van der Waals surface area contributed by atoms with Crippen LogP contribution in [0.4, 0.5) is 0 Å². The van der Waals surface area contributed by atoms with Crippen LogP contribution in [-0.4, -0.2) is 25.2 Å². The highest BCUT2D eigenvalue weighted by Gasteiger charge is 2.31. The standard InChI is InChI=1S/C25H46O4/c1-4-5-19-28-24(26)22-15-17-23(18-16-22)25(27)29-20-13-11-9-7-6-8-10-12-14-21(2)3/h21-23H,4-20H2,1-3H3. The summed E-state index contributed by atoms with van der Waals surface area (Å²) in [4.78, 5) is 24.2. The molecule has 0 aliphatic heterocycles. The van der Waals surface area contributed by atoms with Crippen molar-refractivity contribution in [1.29, 1.82) is 0 Å². The molecule has 0 unspecified atom stereocenters. The average molecular weight is 411 g/mol. The zero-order valence-corrected chi connectivity index (χ0v) is 19.4. The van der Waals surface area contributed by atoms with Crippen molar-refractivity contribution in [2.75, 3.05) is 13.2 Å². The topological polar surface area (TPSA) is 52.6 Å². The summed E-state index contributed by atoms with van der Waals surface area (Å²) < 4.78 is 10.8. The van der Waals surface area contributed by atoms with Gasteiger partial charge >= 0.3 is 11.9 Å². The molecule has 1 aliphatic rings. The number of rotatable bonds is 16. The maximum absolute atomic E-state index is 12.2. The van der Waals surface area contributed by atoms with Gasteiger partial charge in [0, 0.05) is 0 Å². The van der Waals surface area contributed by atoms with Crippen LogP contribution < -0.4 is 0 Å². The normalized spacial score (nSPS) is 19.3. The third-order valence-corrected chi connectivity index (χ3v) is 6.06. The van der Waals surface area contributed by atoms with E-state index in [0.717, 1.165) is 57.3 Å². The van der Waals surface area contributed by atoms with Gasteiger partial charge in [0.15, 0.2) is 0 Å². The summed E-state index contributed by atoms with van der Waals surface area (Å²) in [6, 6.07) is 0. The van der Waals surface area contributed by atoms with Crippen LogP contribution in [0.1, 0.15) is 117 Å². The molecule has 0 atom stereocenters. The van der Waals surface area contributed by atoms with Gasteiger partial charge in [-0.25, -0.2) is 0 Å². The highest BCUT2D eigenvalue weighted by atomic mass is 16.5. The second-order valence-electron chi connectivity index (χ2n) is 9.25. The summed E-state index contributed by atoms with van der Waals surface area (Å²) in [5.41, 5.74) is 0. The maximum atomic E-state index is 12.2. The van der Waals surface area contributed by atoms with Crippen LogP contribution in [0.2, 0.25) is 0 Å². The summed E-state index contributed by atoms with van der Waals surface area (Å²) in [7, 11) is 0. The van der Waals surface area contributed by atoms with Crippen LogP contribution in [0.25, 0.3) is 0 Å². The number of hydrogen-bond acceptors (Lipinski definition) is 4. The molecule has 170 valence electrons. The first-order valence-electron chi connectivity index (χ1n) is 12.4. The Kier molecular flexibility index (Phi) is 15.0. The molecule has 0 spiro atoms. The summed E-state index contributed by atoms with van der Waals surface area (Å²) >= 11 is 0. The van der Waals surface area contributed by atoms with Gasteiger partial charge in [-0.1, -0.05) is 78.6 Å². The fraction of sp³-hybridized carbons (Fsp3) is 0.920. The van der Waals surface area contributed by atoms with Crippen molar-refractivity contribution in [2.24, 2.45) is 17.8 Å². The molecule has 1 saturated carbocycles. The van der Waals surface area contributed by atoms with Gasteiger partial charge in [0.1, 0.15) is 0 Å². The van der Waals surface area contributed by atoms with Crippen molar-refractivity contribution in [2.45, 2.75) is 117 Å². The molecule has 0 N–H and O–H groups in total. The molecule has 0 amide bonds. The van der Waals surface area contributed by atoms with E-state index in [0.29, 0.717) is 13.2 Å². The van der Waals surface area contributed by atoms with Crippen molar-refractivity contribution in [3.05, 3.63) is 0 Å². The van der Waals surface area contributed by atoms with E-state index in [1.54, 1.807) is 0 Å². The molecule has 4 heteroatoms. The molecule has 0 aromatic rings. The van der Waals surface area contributed by atoms with Crippen LogP contribution in [-0.2, 0) is 19.1 Å². The molecular formula is C25H46O4. The zero-order chi connectivity index (χ0) is 21.3. The predicted molar refractivity (Wildman–Crippen MR) is 119 cm³/mol. The second kappa shape index (κ2) is 16.7. The number of carbonyl (C=O) groups is 2. The third kappa shape index (κ3) is 13.0. The second-order valence-corrected chi connectivity index (χ2v) is 9.25. The van der Waals surface area contributed by atoms with Gasteiger partial charge in [-0.15, -0.1) is 0 Å². The Morgan fingerprint density at radius 1 is 0.690 bits per heavy atom. The minimum atomic E-state index is -0.0785. The highest BCUT2D eigenvalue weighted by molar-refractivity contribution is 5.75. The van der Waals surface area contributed by atoms with E-state index in [1.165, 1.54) is 44.9 Å². The van der Waals surface area contributed by atoms with Gasteiger partial charge in [0.25, 0.3) is 0 Å². The Balaban J connectivity index is 1.96. The molecule has 1 aliphatic carbocycles. The van der Waals surface area contributed by atoms with Crippen LogP contribution >= 0.6 is 0 Å². The molecule has 0 bridgehead atoms. The average Bonchev–Trinajstić information content (AvgIpc) is 2.71. The third-order valence-electron chi connectivity index (χ3n) is 6.06. The van der Waals surface area contributed by atoms with Crippen molar-refractivity contribution < 1.29 is 19.1 Å². The molecule has 4 nitrogen and oxygen atoms in total. The summed E-state index contributed by atoms with van der Waals surface area (Å²) in [6.45, 7) is 7.74. The van der Waals surface area contributed by atoms with E-state index in [2.05, 4.69) is 20.8 Å². The molecule has 1 fully saturated rings. The first-order chi connectivity index (χ1) is 14.0. The summed E-state index contributed by atoms with van der Waals surface area (Å²) in [5.74, 6) is 0.639. The minimum absolute atomic E-state index is 0.0266. The highest BCUT2D eigenvalue weighted by Crippen LogP contribution is 2.30. The summed E-state index contributed by atoms with van der Waals surface area (Å²) in [5, 5.41) is 0. The van der Waals surface area contributed by atoms with Crippen LogP contribution in [0.15, 0.2) is 0 Å². The monoisotopic (exact) mass is 410 g/mol. The Hall–Kier alpha value is -1.06. The lowest BCUT2D eigenvalue weighted by atomic mass is 9.82. The summed E-state index contributed by atoms with van der Waals surface area (Å²) in [6.07, 6.45) is 16.4. The van der Waals surface area contributed by atoms with E-state index in [1.807, 2.05) is 0 Å². The quantitative estimate of drug-likeness (QED) is 0.206. The fourth-order valence-electron chi connectivity index (χ4n) is 4.01. The van der Waals surface area contributed by atoms with Gasteiger partial charge in [-0.3, -0.25) is 9.59 Å². The SMILES string of the molecule is CCCCOC(=O)C1CCC(C(=O)OCCCCCCCCCCC(C)C)CC1. The molecule has 0 heterocycles. The molecule has 0 aromatic carbocycles. The Morgan fingerprint density at radius 2 is 1.10 bits per heavy atom. The lowest BCUT2D eigenvalue weighted by Gasteiger charge is -2.26.